The molecule has 20 heavy (non-hydrogen) atoms. The molecule has 1 aromatic carbocycles. The van der Waals surface area contributed by atoms with Crippen LogP contribution in [0.25, 0.3) is 0 Å². The van der Waals surface area contributed by atoms with Crippen LogP contribution in [-0.2, 0) is 9.84 Å². The molecule has 0 radical (unpaired) electrons. The molecule has 102 valence electrons. The fraction of sp³-hybridized carbons (Fsp3) is 0.154. The Hall–Kier alpha value is -1.55. The topological polar surface area (TPSA) is 70.0 Å². The van der Waals surface area contributed by atoms with Crippen molar-refractivity contribution in [2.24, 2.45) is 0 Å². The summed E-state index contributed by atoms with van der Waals surface area (Å²) in [4.78, 5) is 0.208. The van der Waals surface area contributed by atoms with Crippen molar-refractivity contribution in [3.63, 3.8) is 0 Å². The van der Waals surface area contributed by atoms with Gasteiger partial charge in [0, 0.05) is 5.02 Å². The third kappa shape index (κ3) is 1.99. The molecule has 1 aliphatic rings. The molecular weight excluding hydrogens is 316 g/mol. The van der Waals surface area contributed by atoms with E-state index in [1.165, 1.54) is 17.4 Å². The number of nitriles is 1. The summed E-state index contributed by atoms with van der Waals surface area (Å²) in [5.41, 5.74) is 0.726. The third-order valence-corrected chi connectivity index (χ3v) is 6.44. The van der Waals surface area contributed by atoms with E-state index in [0.29, 0.717) is 10.0 Å². The summed E-state index contributed by atoms with van der Waals surface area (Å²) in [7, 11) is -3.64. The molecule has 2 atom stereocenters. The second-order valence-electron chi connectivity index (χ2n) is 4.38. The minimum Gasteiger partial charge on any atom is -0.367 e. The minimum atomic E-state index is -3.64. The van der Waals surface area contributed by atoms with Gasteiger partial charge in [-0.25, -0.2) is 8.42 Å². The van der Waals surface area contributed by atoms with Crippen molar-refractivity contribution >= 4 is 37.8 Å². The van der Waals surface area contributed by atoms with E-state index in [9.17, 15) is 13.7 Å². The number of anilines is 1. The monoisotopic (exact) mass is 324 g/mol. The van der Waals surface area contributed by atoms with Gasteiger partial charge in [-0.05, 0) is 29.1 Å². The summed E-state index contributed by atoms with van der Waals surface area (Å²) in [6.45, 7) is 0. The van der Waals surface area contributed by atoms with Crippen LogP contribution in [-0.4, -0.2) is 13.7 Å². The molecule has 0 unspecified atom stereocenters. The summed E-state index contributed by atoms with van der Waals surface area (Å²) >= 11 is 7.15. The van der Waals surface area contributed by atoms with Gasteiger partial charge in [0.25, 0.3) is 0 Å². The number of sulfone groups is 1. The molecule has 0 saturated heterocycles. The largest absolute Gasteiger partial charge is 0.367 e. The van der Waals surface area contributed by atoms with Gasteiger partial charge >= 0.3 is 0 Å². The lowest BCUT2D eigenvalue weighted by molar-refractivity contribution is 0.577. The van der Waals surface area contributed by atoms with Crippen LogP contribution in [0.2, 0.25) is 5.02 Å². The highest BCUT2D eigenvalue weighted by atomic mass is 35.5. The van der Waals surface area contributed by atoms with E-state index in [-0.39, 0.29) is 4.90 Å². The Balaban J connectivity index is 2.14. The van der Waals surface area contributed by atoms with E-state index in [2.05, 4.69) is 5.32 Å². The van der Waals surface area contributed by atoms with Crippen LogP contribution >= 0.6 is 22.9 Å². The molecule has 2 aromatic rings. The summed E-state index contributed by atoms with van der Waals surface area (Å²) in [6.07, 6.45) is 0. The van der Waals surface area contributed by atoms with Crippen molar-refractivity contribution in [3.8, 4) is 6.07 Å². The Labute approximate surface area is 125 Å². The number of hydrogen-bond donors (Lipinski definition) is 1. The van der Waals surface area contributed by atoms with Crippen molar-refractivity contribution in [2.75, 3.05) is 5.32 Å². The number of rotatable bonds is 1. The number of nitrogens with one attached hydrogen (secondary N) is 1. The van der Waals surface area contributed by atoms with E-state index in [1.807, 2.05) is 6.07 Å². The van der Waals surface area contributed by atoms with Gasteiger partial charge in [-0.3, -0.25) is 0 Å². The van der Waals surface area contributed by atoms with Crippen molar-refractivity contribution < 1.29 is 8.42 Å². The van der Waals surface area contributed by atoms with Gasteiger partial charge in [0.1, 0.15) is 9.90 Å². The van der Waals surface area contributed by atoms with Gasteiger partial charge in [-0.2, -0.15) is 5.26 Å². The van der Waals surface area contributed by atoms with E-state index >= 15 is 0 Å². The molecule has 0 fully saturated rings. The van der Waals surface area contributed by atoms with Crippen LogP contribution in [0.15, 0.2) is 40.6 Å². The van der Waals surface area contributed by atoms with E-state index < -0.39 is 21.1 Å². The molecule has 2 heterocycles. The quantitative estimate of drug-likeness (QED) is 0.874. The van der Waals surface area contributed by atoms with Crippen molar-refractivity contribution in [2.45, 2.75) is 16.2 Å². The highest BCUT2D eigenvalue weighted by Gasteiger charge is 2.42. The minimum absolute atomic E-state index is 0.208. The molecule has 1 aliphatic heterocycles. The lowest BCUT2D eigenvalue weighted by atomic mass is 10.0. The van der Waals surface area contributed by atoms with Crippen LogP contribution in [0, 0.1) is 11.3 Å². The van der Waals surface area contributed by atoms with Gasteiger partial charge < -0.3 is 5.32 Å². The van der Waals surface area contributed by atoms with Gasteiger partial charge in [-0.15, -0.1) is 11.3 Å². The number of fused-ring (bicyclic) bond motifs is 1. The number of halogens is 1. The average Bonchev–Trinajstić information content (AvgIpc) is 2.88. The Kier molecular flexibility index (Phi) is 3.21. The maximum absolute atomic E-state index is 12.5. The van der Waals surface area contributed by atoms with Gasteiger partial charge in [0.05, 0.1) is 12.1 Å². The first-order valence-electron chi connectivity index (χ1n) is 5.77. The molecule has 3 rings (SSSR count). The van der Waals surface area contributed by atoms with Gasteiger partial charge in [0.15, 0.2) is 15.1 Å². The van der Waals surface area contributed by atoms with Crippen LogP contribution in [0.5, 0.6) is 0 Å². The van der Waals surface area contributed by atoms with Crippen LogP contribution < -0.4 is 5.32 Å². The van der Waals surface area contributed by atoms with E-state index in [0.717, 1.165) is 5.56 Å². The highest BCUT2D eigenvalue weighted by Crippen LogP contribution is 2.41. The highest BCUT2D eigenvalue weighted by molar-refractivity contribution is 7.92. The molecular formula is C13H9ClN2O2S2. The first-order chi connectivity index (χ1) is 9.54. The van der Waals surface area contributed by atoms with E-state index in [1.54, 1.807) is 29.6 Å². The van der Waals surface area contributed by atoms with Gasteiger partial charge in [-0.1, -0.05) is 23.7 Å². The molecule has 1 aromatic heterocycles. The fourth-order valence-electron chi connectivity index (χ4n) is 2.23. The standard InChI is InChI=1S/C13H9ClN2O2S2/c14-9-3-1-8(2-4-9)12-11(7-15)20(17,18)10-5-6-19-13(10)16-12/h1-6,11-12,16H/t11-,12+/m0/s1. The summed E-state index contributed by atoms with van der Waals surface area (Å²) in [6, 6.07) is 9.69. The lowest BCUT2D eigenvalue weighted by Crippen LogP contribution is -2.36. The predicted molar refractivity (Wildman–Crippen MR) is 78.7 cm³/mol. The molecule has 4 nitrogen and oxygen atoms in total. The normalized spacial score (nSPS) is 23.4. The molecule has 0 aliphatic carbocycles. The molecule has 0 spiro atoms. The summed E-state index contributed by atoms with van der Waals surface area (Å²) < 4.78 is 24.9. The van der Waals surface area contributed by atoms with Crippen LogP contribution in [0.1, 0.15) is 11.6 Å². The Morgan fingerprint density at radius 3 is 2.60 bits per heavy atom. The number of benzene rings is 1. The maximum Gasteiger partial charge on any atom is 0.199 e. The van der Waals surface area contributed by atoms with Crippen molar-refractivity contribution in [1.82, 2.24) is 0 Å². The Morgan fingerprint density at radius 1 is 1.25 bits per heavy atom. The molecule has 0 amide bonds. The van der Waals surface area contributed by atoms with Crippen molar-refractivity contribution in [3.05, 3.63) is 46.3 Å². The summed E-state index contributed by atoms with van der Waals surface area (Å²) in [5, 5.41) is 14.1. The van der Waals surface area contributed by atoms with Crippen molar-refractivity contribution in [1.29, 1.82) is 5.26 Å². The molecule has 1 N–H and O–H groups in total. The summed E-state index contributed by atoms with van der Waals surface area (Å²) in [5.74, 6) is 0. The fourth-order valence-corrected chi connectivity index (χ4v) is 5.23. The Morgan fingerprint density at radius 2 is 1.95 bits per heavy atom. The Bertz CT molecular complexity index is 791. The van der Waals surface area contributed by atoms with Crippen LogP contribution in [0.4, 0.5) is 5.00 Å². The molecule has 0 saturated carbocycles. The smallest absolute Gasteiger partial charge is 0.199 e. The first-order valence-corrected chi connectivity index (χ1v) is 8.57. The molecule has 7 heteroatoms. The first kappa shape index (κ1) is 13.4. The number of hydrogen-bond acceptors (Lipinski definition) is 5. The maximum atomic E-state index is 12.5. The number of thiophene rings is 1. The second kappa shape index (κ2) is 4.77. The van der Waals surface area contributed by atoms with E-state index in [4.69, 9.17) is 11.6 Å². The zero-order chi connectivity index (χ0) is 14.3. The zero-order valence-corrected chi connectivity index (χ0v) is 12.5. The van der Waals surface area contributed by atoms with Gasteiger partial charge in [0.2, 0.25) is 0 Å². The average molecular weight is 325 g/mol. The number of nitrogens with zero attached hydrogens (tertiary/aromatic N) is 1. The molecule has 0 bridgehead atoms. The third-order valence-electron chi connectivity index (χ3n) is 3.22. The SMILES string of the molecule is N#C[C@H]1[C@@H](c2ccc(Cl)cc2)Nc2sccc2S1(=O)=O. The lowest BCUT2D eigenvalue weighted by Gasteiger charge is -2.29. The zero-order valence-electron chi connectivity index (χ0n) is 10.1. The van der Waals surface area contributed by atoms with Crippen LogP contribution in [0.3, 0.4) is 0 Å². The predicted octanol–water partition coefficient (Wildman–Crippen LogP) is 3.23. The second-order valence-corrected chi connectivity index (χ2v) is 7.77.